The molecule has 1 aromatic heterocycles. The predicted molar refractivity (Wildman–Crippen MR) is 169 cm³/mol. The summed E-state index contributed by atoms with van der Waals surface area (Å²) in [6.45, 7) is 2.05. The van der Waals surface area contributed by atoms with Crippen LogP contribution in [0.15, 0.2) is 134 Å². The Kier molecular flexibility index (Phi) is 5.87. The third-order valence-electron chi connectivity index (χ3n) is 8.27. The fourth-order valence-corrected chi connectivity index (χ4v) is 6.52. The Labute approximate surface area is 235 Å². The maximum absolute atomic E-state index is 5.79. The second kappa shape index (κ2) is 9.71. The van der Waals surface area contributed by atoms with Crippen molar-refractivity contribution in [3.8, 4) is 5.69 Å². The van der Waals surface area contributed by atoms with E-state index < -0.39 is 5.41 Å². The van der Waals surface area contributed by atoms with Gasteiger partial charge in [-0.3, -0.25) is 5.84 Å². The molecular formula is C37H31N3. The molecule has 0 atom stereocenters. The zero-order valence-electron chi connectivity index (χ0n) is 22.5. The summed E-state index contributed by atoms with van der Waals surface area (Å²) in [6, 6.07) is 35.0. The molecule has 2 aliphatic carbocycles. The minimum Gasteiger partial charge on any atom is -0.324 e. The standard InChI is InChI=1S/C37H31N3/c1-2-3-6-13-26-25-37(27-14-7-4-8-15-27,28-16-9-5-10-17-28)34-23-33-31-20-12-21-35(31)40(36(33)24-32(26)34)30-19-11-18-29(22-30)39-38/h2-19,21-25,39H,20,38H2,1H3/b3-2-,13-6-. The van der Waals surface area contributed by atoms with Crippen molar-refractivity contribution in [2.75, 3.05) is 5.43 Å². The number of hydrogen-bond donors (Lipinski definition) is 2. The Morgan fingerprint density at radius 2 is 1.60 bits per heavy atom. The first-order valence-electron chi connectivity index (χ1n) is 13.8. The molecule has 4 aromatic carbocycles. The van der Waals surface area contributed by atoms with Crippen molar-refractivity contribution in [1.82, 2.24) is 4.57 Å². The lowest BCUT2D eigenvalue weighted by Crippen LogP contribution is -2.25. The first-order valence-corrected chi connectivity index (χ1v) is 13.8. The second-order valence-electron chi connectivity index (χ2n) is 10.4. The molecular weight excluding hydrogens is 486 g/mol. The van der Waals surface area contributed by atoms with Gasteiger partial charge in [0.05, 0.1) is 22.3 Å². The molecule has 5 aromatic rings. The predicted octanol–water partition coefficient (Wildman–Crippen LogP) is 8.35. The van der Waals surface area contributed by atoms with Gasteiger partial charge in [0, 0.05) is 11.1 Å². The molecule has 3 nitrogen and oxygen atoms in total. The third kappa shape index (κ3) is 3.63. The van der Waals surface area contributed by atoms with Gasteiger partial charge in [0.15, 0.2) is 0 Å². The molecule has 7 rings (SSSR count). The summed E-state index contributed by atoms with van der Waals surface area (Å²) < 4.78 is 2.38. The number of aromatic nitrogens is 1. The number of nitrogens with two attached hydrogens (primary N) is 1. The van der Waals surface area contributed by atoms with Crippen molar-refractivity contribution >= 4 is 28.2 Å². The minimum atomic E-state index is -0.397. The van der Waals surface area contributed by atoms with E-state index in [0.717, 1.165) is 17.8 Å². The van der Waals surface area contributed by atoms with Crippen molar-refractivity contribution in [3.63, 3.8) is 0 Å². The van der Waals surface area contributed by atoms with E-state index in [1.54, 1.807) is 0 Å². The summed E-state index contributed by atoms with van der Waals surface area (Å²) in [5.41, 5.74) is 14.6. The van der Waals surface area contributed by atoms with E-state index in [0.29, 0.717) is 0 Å². The number of benzene rings is 4. The molecule has 3 heteroatoms. The summed E-state index contributed by atoms with van der Waals surface area (Å²) >= 11 is 0. The van der Waals surface area contributed by atoms with Crippen LogP contribution in [0.4, 0.5) is 5.69 Å². The van der Waals surface area contributed by atoms with Crippen LogP contribution >= 0.6 is 0 Å². The topological polar surface area (TPSA) is 43.0 Å². The number of nitrogens with one attached hydrogen (secondary N) is 1. The third-order valence-corrected chi connectivity index (χ3v) is 8.27. The lowest BCUT2D eigenvalue weighted by Gasteiger charge is -2.31. The Hall–Kier alpha value is -4.86. The second-order valence-corrected chi connectivity index (χ2v) is 10.4. The fraction of sp³-hybridized carbons (Fsp3) is 0.0811. The minimum absolute atomic E-state index is 0.397. The zero-order chi connectivity index (χ0) is 27.1. The average molecular weight is 518 g/mol. The maximum atomic E-state index is 5.79. The molecule has 0 saturated carbocycles. The Morgan fingerprint density at radius 3 is 2.30 bits per heavy atom. The van der Waals surface area contributed by atoms with E-state index in [2.05, 4.69) is 150 Å². The van der Waals surface area contributed by atoms with Gasteiger partial charge in [0.25, 0.3) is 0 Å². The van der Waals surface area contributed by atoms with Crippen LogP contribution in [-0.2, 0) is 11.8 Å². The van der Waals surface area contributed by atoms with Crippen LogP contribution < -0.4 is 11.3 Å². The van der Waals surface area contributed by atoms with Crippen molar-refractivity contribution in [1.29, 1.82) is 0 Å². The number of hydrogen-bond acceptors (Lipinski definition) is 2. The van der Waals surface area contributed by atoms with Gasteiger partial charge in [-0.2, -0.15) is 0 Å². The van der Waals surface area contributed by atoms with Crippen LogP contribution in [0.2, 0.25) is 0 Å². The van der Waals surface area contributed by atoms with Crippen molar-refractivity contribution in [2.45, 2.75) is 18.8 Å². The average Bonchev–Trinajstić information content (AvgIpc) is 3.69. The summed E-state index contributed by atoms with van der Waals surface area (Å²) in [5.74, 6) is 5.79. The molecule has 40 heavy (non-hydrogen) atoms. The highest BCUT2D eigenvalue weighted by molar-refractivity contribution is 5.98. The SMILES string of the molecule is C/C=C\C=C/C1=CC(c2ccccc2)(c2ccccc2)c2cc3c4c(n(-c5cccc(NN)c5)c3cc21)C=CC4. The first kappa shape index (κ1) is 24.2. The lowest BCUT2D eigenvalue weighted by atomic mass is 9.71. The van der Waals surface area contributed by atoms with E-state index >= 15 is 0 Å². The van der Waals surface area contributed by atoms with E-state index in [9.17, 15) is 0 Å². The Balaban J connectivity index is 1.58. The summed E-state index contributed by atoms with van der Waals surface area (Å²) in [7, 11) is 0. The molecule has 0 aliphatic heterocycles. The molecule has 0 fully saturated rings. The number of allylic oxidation sites excluding steroid dienone is 7. The molecule has 2 aliphatic rings. The number of fused-ring (bicyclic) bond motifs is 4. The van der Waals surface area contributed by atoms with Gasteiger partial charge in [-0.15, -0.1) is 0 Å². The van der Waals surface area contributed by atoms with E-state index in [1.165, 1.54) is 50.0 Å². The molecule has 194 valence electrons. The van der Waals surface area contributed by atoms with Crippen LogP contribution in [0.3, 0.4) is 0 Å². The van der Waals surface area contributed by atoms with Gasteiger partial charge in [0.1, 0.15) is 0 Å². The Bertz CT molecular complexity index is 1810. The van der Waals surface area contributed by atoms with Crippen LogP contribution in [0.25, 0.3) is 28.2 Å². The summed E-state index contributed by atoms with van der Waals surface area (Å²) in [5, 5.41) is 1.30. The molecule has 0 radical (unpaired) electrons. The highest BCUT2D eigenvalue weighted by Gasteiger charge is 2.41. The molecule has 1 heterocycles. The van der Waals surface area contributed by atoms with Gasteiger partial charge in [0.2, 0.25) is 0 Å². The number of nitrogens with zero attached hydrogens (tertiary/aromatic N) is 1. The van der Waals surface area contributed by atoms with Crippen LogP contribution in [0, 0.1) is 0 Å². The molecule has 0 spiro atoms. The summed E-state index contributed by atoms with van der Waals surface area (Å²) in [6.07, 6.45) is 16.5. The quantitative estimate of drug-likeness (QED) is 0.135. The van der Waals surface area contributed by atoms with Gasteiger partial charge in [-0.1, -0.05) is 103 Å². The highest BCUT2D eigenvalue weighted by Crippen LogP contribution is 2.52. The molecule has 3 N–H and O–H groups in total. The largest absolute Gasteiger partial charge is 0.324 e. The summed E-state index contributed by atoms with van der Waals surface area (Å²) in [4.78, 5) is 0. The van der Waals surface area contributed by atoms with Crippen molar-refractivity contribution < 1.29 is 0 Å². The molecule has 0 amide bonds. The monoisotopic (exact) mass is 517 g/mol. The van der Waals surface area contributed by atoms with Gasteiger partial charge in [-0.05, 0) is 83.1 Å². The highest BCUT2D eigenvalue weighted by atomic mass is 15.2. The van der Waals surface area contributed by atoms with Crippen molar-refractivity contribution in [2.24, 2.45) is 5.84 Å². The smallest absolute Gasteiger partial charge is 0.0647 e. The number of rotatable bonds is 6. The normalized spacial score (nSPS) is 15.2. The molecule has 0 saturated heterocycles. The van der Waals surface area contributed by atoms with E-state index in [1.807, 2.05) is 6.07 Å². The van der Waals surface area contributed by atoms with Crippen LogP contribution in [0.5, 0.6) is 0 Å². The number of nitrogen functional groups attached to an aromatic ring is 1. The molecule has 0 bridgehead atoms. The maximum Gasteiger partial charge on any atom is 0.0647 e. The van der Waals surface area contributed by atoms with Gasteiger partial charge >= 0.3 is 0 Å². The van der Waals surface area contributed by atoms with Crippen LogP contribution in [-0.4, -0.2) is 4.57 Å². The van der Waals surface area contributed by atoms with Gasteiger partial charge in [-0.25, -0.2) is 0 Å². The van der Waals surface area contributed by atoms with Crippen molar-refractivity contribution in [3.05, 3.63) is 167 Å². The zero-order valence-corrected chi connectivity index (χ0v) is 22.5. The van der Waals surface area contributed by atoms with Gasteiger partial charge < -0.3 is 9.99 Å². The van der Waals surface area contributed by atoms with E-state index in [4.69, 9.17) is 5.84 Å². The fourth-order valence-electron chi connectivity index (χ4n) is 6.52. The number of anilines is 1. The lowest BCUT2D eigenvalue weighted by molar-refractivity contribution is 0.795. The van der Waals surface area contributed by atoms with E-state index in [-0.39, 0.29) is 0 Å². The first-order chi connectivity index (χ1) is 19.7. The Morgan fingerprint density at radius 1 is 0.850 bits per heavy atom. The molecule has 0 unspecified atom stereocenters. The number of hydrazine groups is 1. The van der Waals surface area contributed by atoms with Crippen LogP contribution in [0.1, 0.15) is 40.4 Å².